The molecule has 0 aromatic carbocycles. The highest BCUT2D eigenvalue weighted by molar-refractivity contribution is 9.09. The standard InChI is InChI=1S/C7H9BrO3/c8-6-4-2-11-7(10)3(4)1-5(6)9/h3-6,9H,1-2H2/t3?,4?,5-,6?/m0/s1. The first-order valence-corrected chi connectivity index (χ1v) is 4.60. The molecule has 0 spiro atoms. The summed E-state index contributed by atoms with van der Waals surface area (Å²) in [5.74, 6) is -0.0112. The van der Waals surface area contributed by atoms with Crippen LogP contribution in [0.25, 0.3) is 0 Å². The summed E-state index contributed by atoms with van der Waals surface area (Å²) in [5.41, 5.74) is 0. The molecule has 1 heterocycles. The van der Waals surface area contributed by atoms with Crippen LogP contribution in [0.5, 0.6) is 0 Å². The molecule has 11 heavy (non-hydrogen) atoms. The zero-order valence-electron chi connectivity index (χ0n) is 5.87. The molecule has 0 amide bonds. The lowest BCUT2D eigenvalue weighted by molar-refractivity contribution is -0.141. The molecule has 2 aliphatic rings. The number of esters is 1. The summed E-state index contributed by atoms with van der Waals surface area (Å²) < 4.78 is 4.86. The van der Waals surface area contributed by atoms with Gasteiger partial charge in [-0.1, -0.05) is 15.9 Å². The SMILES string of the molecule is O=C1OCC2C1C[C@H](O)C2Br. The predicted octanol–water partition coefficient (Wildman–Crippen LogP) is 0.304. The number of hydrogen-bond acceptors (Lipinski definition) is 3. The molecule has 1 aliphatic carbocycles. The van der Waals surface area contributed by atoms with E-state index in [1.165, 1.54) is 0 Å². The van der Waals surface area contributed by atoms with Crippen molar-refractivity contribution in [2.75, 3.05) is 6.61 Å². The molecule has 3 nitrogen and oxygen atoms in total. The Morgan fingerprint density at radius 2 is 2.36 bits per heavy atom. The summed E-state index contributed by atoms with van der Waals surface area (Å²) in [5, 5.41) is 9.37. The van der Waals surface area contributed by atoms with Gasteiger partial charge in [0.25, 0.3) is 0 Å². The number of ether oxygens (including phenoxy) is 1. The van der Waals surface area contributed by atoms with Gasteiger partial charge < -0.3 is 9.84 Å². The Morgan fingerprint density at radius 3 is 3.00 bits per heavy atom. The van der Waals surface area contributed by atoms with Crippen molar-refractivity contribution in [3.8, 4) is 0 Å². The molecule has 3 unspecified atom stereocenters. The predicted molar refractivity (Wildman–Crippen MR) is 41.3 cm³/mol. The summed E-state index contributed by atoms with van der Waals surface area (Å²) >= 11 is 3.36. The van der Waals surface area contributed by atoms with Crippen molar-refractivity contribution in [1.82, 2.24) is 0 Å². The number of carbonyl (C=O) groups is 1. The Morgan fingerprint density at radius 1 is 1.64 bits per heavy atom. The summed E-state index contributed by atoms with van der Waals surface area (Å²) in [6.07, 6.45) is 0.178. The average molecular weight is 221 g/mol. The summed E-state index contributed by atoms with van der Waals surface area (Å²) in [6.45, 7) is 0.469. The molecule has 4 atom stereocenters. The molecule has 2 fully saturated rings. The zero-order valence-corrected chi connectivity index (χ0v) is 7.45. The first kappa shape index (κ1) is 7.55. The van der Waals surface area contributed by atoms with Crippen molar-refractivity contribution in [3.05, 3.63) is 0 Å². The fourth-order valence-corrected chi connectivity index (χ4v) is 2.57. The fraction of sp³-hybridized carbons (Fsp3) is 0.857. The lowest BCUT2D eigenvalue weighted by Crippen LogP contribution is -2.20. The highest BCUT2D eigenvalue weighted by Gasteiger charge is 2.49. The Bertz CT molecular complexity index is 194. The van der Waals surface area contributed by atoms with Crippen molar-refractivity contribution < 1.29 is 14.6 Å². The summed E-state index contributed by atoms with van der Waals surface area (Å²) in [6, 6.07) is 0. The van der Waals surface area contributed by atoms with Gasteiger partial charge in [-0.25, -0.2) is 0 Å². The van der Waals surface area contributed by atoms with Crippen molar-refractivity contribution in [2.45, 2.75) is 17.4 Å². The maximum absolute atomic E-state index is 11.0. The number of fused-ring (bicyclic) bond motifs is 1. The van der Waals surface area contributed by atoms with Crippen LogP contribution in [-0.4, -0.2) is 28.6 Å². The van der Waals surface area contributed by atoms with E-state index in [4.69, 9.17) is 4.74 Å². The minimum atomic E-state index is -0.377. The molecular formula is C7H9BrO3. The molecule has 4 heteroatoms. The number of halogens is 1. The lowest BCUT2D eigenvalue weighted by Gasteiger charge is -2.10. The van der Waals surface area contributed by atoms with E-state index < -0.39 is 0 Å². The average Bonchev–Trinajstić information content (AvgIpc) is 2.43. The van der Waals surface area contributed by atoms with Gasteiger partial charge in [0.15, 0.2) is 0 Å². The molecule has 1 saturated heterocycles. The first-order valence-electron chi connectivity index (χ1n) is 3.69. The molecule has 1 N–H and O–H groups in total. The van der Waals surface area contributed by atoms with Gasteiger partial charge in [-0.2, -0.15) is 0 Å². The van der Waals surface area contributed by atoms with E-state index in [0.29, 0.717) is 13.0 Å². The third kappa shape index (κ3) is 0.999. The van der Waals surface area contributed by atoms with Crippen LogP contribution in [0, 0.1) is 11.8 Å². The second kappa shape index (κ2) is 2.45. The van der Waals surface area contributed by atoms with Crippen LogP contribution in [0.3, 0.4) is 0 Å². The van der Waals surface area contributed by atoms with E-state index in [2.05, 4.69) is 15.9 Å². The van der Waals surface area contributed by atoms with Crippen molar-refractivity contribution in [3.63, 3.8) is 0 Å². The molecule has 0 aromatic rings. The zero-order chi connectivity index (χ0) is 8.01. The molecule has 62 valence electrons. The van der Waals surface area contributed by atoms with Crippen LogP contribution >= 0.6 is 15.9 Å². The lowest BCUT2D eigenvalue weighted by atomic mass is 10.0. The van der Waals surface area contributed by atoms with Crippen LogP contribution < -0.4 is 0 Å². The maximum Gasteiger partial charge on any atom is 0.309 e. The number of aliphatic hydroxyl groups excluding tert-OH is 1. The van der Waals surface area contributed by atoms with E-state index in [-0.39, 0.29) is 28.7 Å². The van der Waals surface area contributed by atoms with Crippen LogP contribution in [0.2, 0.25) is 0 Å². The van der Waals surface area contributed by atoms with E-state index in [0.717, 1.165) is 0 Å². The highest BCUT2D eigenvalue weighted by Crippen LogP contribution is 2.41. The van der Waals surface area contributed by atoms with E-state index in [1.54, 1.807) is 0 Å². The molecule has 0 bridgehead atoms. The third-order valence-electron chi connectivity index (χ3n) is 2.51. The van der Waals surface area contributed by atoms with Crippen molar-refractivity contribution >= 4 is 21.9 Å². The Hall–Kier alpha value is -0.0900. The fourth-order valence-electron chi connectivity index (χ4n) is 1.84. The second-order valence-electron chi connectivity index (χ2n) is 3.15. The van der Waals surface area contributed by atoms with Gasteiger partial charge in [-0.05, 0) is 6.42 Å². The van der Waals surface area contributed by atoms with Gasteiger partial charge in [0.05, 0.1) is 18.6 Å². The minimum absolute atomic E-state index is 0.0407. The van der Waals surface area contributed by atoms with Crippen LogP contribution in [0.4, 0.5) is 0 Å². The number of hydrogen-bond donors (Lipinski definition) is 1. The van der Waals surface area contributed by atoms with Crippen molar-refractivity contribution in [2.24, 2.45) is 11.8 Å². The van der Waals surface area contributed by atoms with Gasteiger partial charge in [-0.15, -0.1) is 0 Å². The molecule has 1 saturated carbocycles. The largest absolute Gasteiger partial charge is 0.465 e. The topological polar surface area (TPSA) is 46.5 Å². The number of carbonyl (C=O) groups excluding carboxylic acids is 1. The van der Waals surface area contributed by atoms with E-state index >= 15 is 0 Å². The summed E-state index contributed by atoms with van der Waals surface area (Å²) in [7, 11) is 0. The number of aliphatic hydroxyl groups is 1. The molecule has 2 rings (SSSR count). The van der Waals surface area contributed by atoms with Gasteiger partial charge in [0, 0.05) is 10.7 Å². The van der Waals surface area contributed by atoms with Crippen LogP contribution in [-0.2, 0) is 9.53 Å². The van der Waals surface area contributed by atoms with Crippen LogP contribution in [0.1, 0.15) is 6.42 Å². The number of alkyl halides is 1. The van der Waals surface area contributed by atoms with Gasteiger partial charge in [0.2, 0.25) is 0 Å². The molecule has 1 aliphatic heterocycles. The molecular weight excluding hydrogens is 212 g/mol. The Labute approximate surface area is 72.9 Å². The van der Waals surface area contributed by atoms with E-state index in [1.807, 2.05) is 0 Å². The Kier molecular flexibility index (Phi) is 1.68. The highest BCUT2D eigenvalue weighted by atomic mass is 79.9. The Balaban J connectivity index is 2.18. The normalized spacial score (nSPS) is 49.1. The third-order valence-corrected chi connectivity index (χ3v) is 3.80. The quantitative estimate of drug-likeness (QED) is 0.472. The summed E-state index contributed by atoms with van der Waals surface area (Å²) in [4.78, 5) is 11.0. The minimum Gasteiger partial charge on any atom is -0.465 e. The second-order valence-corrected chi connectivity index (χ2v) is 4.21. The van der Waals surface area contributed by atoms with Gasteiger partial charge in [-0.3, -0.25) is 4.79 Å². The van der Waals surface area contributed by atoms with Gasteiger partial charge >= 0.3 is 5.97 Å². The monoisotopic (exact) mass is 220 g/mol. The van der Waals surface area contributed by atoms with Crippen molar-refractivity contribution in [1.29, 1.82) is 0 Å². The number of rotatable bonds is 0. The molecule has 0 radical (unpaired) electrons. The van der Waals surface area contributed by atoms with Crippen LogP contribution in [0.15, 0.2) is 0 Å². The van der Waals surface area contributed by atoms with E-state index in [9.17, 15) is 9.90 Å². The smallest absolute Gasteiger partial charge is 0.309 e. The van der Waals surface area contributed by atoms with Gasteiger partial charge in [0.1, 0.15) is 0 Å². The maximum atomic E-state index is 11.0. The first-order chi connectivity index (χ1) is 5.20. The molecule has 0 aromatic heterocycles. The number of cyclic esters (lactones) is 1.